The lowest BCUT2D eigenvalue weighted by atomic mass is 10.00. The summed E-state index contributed by atoms with van der Waals surface area (Å²) in [5, 5.41) is 46.3. The Kier molecular flexibility index (Phi) is 4.52. The van der Waals surface area contributed by atoms with Crippen LogP contribution < -0.4 is 0 Å². The molecule has 0 aromatic heterocycles. The lowest BCUT2D eigenvalue weighted by molar-refractivity contribution is -0.111. The Bertz CT molecular complexity index is 908. The Morgan fingerprint density at radius 1 is 0.875 bits per heavy atom. The number of nitriles is 1. The summed E-state index contributed by atoms with van der Waals surface area (Å²) in [6.07, 6.45) is 1.08. The molecule has 0 spiro atoms. The van der Waals surface area contributed by atoms with Crippen LogP contribution in [0.2, 0.25) is 0 Å². The molecule has 0 saturated heterocycles. The standard InChI is InChI=1S/C17H11NO6/c18-8-11(5-9-1-3-12(19)14(21)6-9)17(24)16(23)10-2-4-13(20)15(22)7-10/h1-7,19-22H. The van der Waals surface area contributed by atoms with Crippen molar-refractivity contribution in [1.29, 1.82) is 5.26 Å². The van der Waals surface area contributed by atoms with E-state index in [1.54, 1.807) is 6.07 Å². The molecule has 0 fully saturated rings. The van der Waals surface area contributed by atoms with E-state index in [9.17, 15) is 30.0 Å². The smallest absolute Gasteiger partial charge is 0.244 e. The van der Waals surface area contributed by atoms with Gasteiger partial charge in [-0.3, -0.25) is 9.59 Å². The number of phenolic OH excluding ortho intramolecular Hbond substituents is 4. The van der Waals surface area contributed by atoms with Gasteiger partial charge in [-0.25, -0.2) is 0 Å². The summed E-state index contributed by atoms with van der Waals surface area (Å²) in [4.78, 5) is 24.2. The van der Waals surface area contributed by atoms with E-state index >= 15 is 0 Å². The van der Waals surface area contributed by atoms with Crippen molar-refractivity contribution in [1.82, 2.24) is 0 Å². The molecular weight excluding hydrogens is 314 g/mol. The zero-order valence-corrected chi connectivity index (χ0v) is 12.1. The molecule has 2 aromatic carbocycles. The highest BCUT2D eigenvalue weighted by molar-refractivity contribution is 6.50. The van der Waals surface area contributed by atoms with Crippen LogP contribution in [0.5, 0.6) is 23.0 Å². The third-order valence-corrected chi connectivity index (χ3v) is 3.12. The predicted octanol–water partition coefficient (Wildman–Crippen LogP) is 1.87. The van der Waals surface area contributed by atoms with Crippen molar-refractivity contribution in [3.05, 3.63) is 53.1 Å². The van der Waals surface area contributed by atoms with Crippen LogP contribution in [0.3, 0.4) is 0 Å². The van der Waals surface area contributed by atoms with Gasteiger partial charge in [-0.15, -0.1) is 0 Å². The van der Waals surface area contributed by atoms with Crippen LogP contribution in [0, 0.1) is 11.3 Å². The van der Waals surface area contributed by atoms with Gasteiger partial charge in [0.15, 0.2) is 23.0 Å². The quantitative estimate of drug-likeness (QED) is 0.221. The molecule has 4 N–H and O–H groups in total. The molecule has 0 amide bonds. The van der Waals surface area contributed by atoms with Crippen LogP contribution in [-0.2, 0) is 4.79 Å². The molecule has 7 heteroatoms. The summed E-state index contributed by atoms with van der Waals surface area (Å²) in [5.41, 5.74) is -0.445. The van der Waals surface area contributed by atoms with Crippen molar-refractivity contribution in [3.8, 4) is 29.1 Å². The SMILES string of the molecule is N#CC(=Cc1ccc(O)c(O)c1)C(=O)C(=O)c1ccc(O)c(O)c1. The molecule has 0 atom stereocenters. The molecule has 2 aromatic rings. The van der Waals surface area contributed by atoms with E-state index in [1.807, 2.05) is 0 Å². The molecule has 7 nitrogen and oxygen atoms in total. The molecular formula is C17H11NO6. The predicted molar refractivity (Wildman–Crippen MR) is 82.5 cm³/mol. The van der Waals surface area contributed by atoms with Crippen LogP contribution in [0.4, 0.5) is 0 Å². The second kappa shape index (κ2) is 6.54. The van der Waals surface area contributed by atoms with Crippen LogP contribution in [0.25, 0.3) is 6.08 Å². The maximum Gasteiger partial charge on any atom is 0.244 e. The number of nitrogens with zero attached hydrogens (tertiary/aromatic N) is 1. The minimum absolute atomic E-state index is 0.190. The topological polar surface area (TPSA) is 139 Å². The number of hydrogen-bond donors (Lipinski definition) is 4. The third-order valence-electron chi connectivity index (χ3n) is 3.12. The van der Waals surface area contributed by atoms with Crippen LogP contribution in [-0.4, -0.2) is 32.0 Å². The molecule has 0 aliphatic heterocycles. The van der Waals surface area contributed by atoms with Gasteiger partial charge in [0, 0.05) is 5.56 Å². The first-order valence-corrected chi connectivity index (χ1v) is 6.58. The minimum Gasteiger partial charge on any atom is -0.504 e. The average molecular weight is 325 g/mol. The Balaban J connectivity index is 2.35. The van der Waals surface area contributed by atoms with E-state index < -0.39 is 34.4 Å². The fraction of sp³-hybridized carbons (Fsp3) is 0. The summed E-state index contributed by atoms with van der Waals surface area (Å²) in [6.45, 7) is 0. The zero-order chi connectivity index (χ0) is 17.9. The highest BCUT2D eigenvalue weighted by atomic mass is 16.3. The molecule has 0 radical (unpaired) electrons. The second-order valence-electron chi connectivity index (χ2n) is 4.78. The molecule has 0 unspecified atom stereocenters. The van der Waals surface area contributed by atoms with Gasteiger partial charge < -0.3 is 20.4 Å². The van der Waals surface area contributed by atoms with Gasteiger partial charge >= 0.3 is 0 Å². The first kappa shape index (κ1) is 16.6. The average Bonchev–Trinajstić information content (AvgIpc) is 2.57. The molecule has 0 bridgehead atoms. The number of rotatable bonds is 4. The number of hydrogen-bond acceptors (Lipinski definition) is 7. The van der Waals surface area contributed by atoms with Crippen molar-refractivity contribution >= 4 is 17.6 Å². The summed E-state index contributed by atoms with van der Waals surface area (Å²) in [7, 11) is 0. The zero-order valence-electron chi connectivity index (χ0n) is 12.1. The summed E-state index contributed by atoms with van der Waals surface area (Å²) in [6, 6.07) is 8.32. The van der Waals surface area contributed by atoms with Crippen molar-refractivity contribution in [2.45, 2.75) is 0 Å². The van der Waals surface area contributed by atoms with E-state index in [2.05, 4.69) is 0 Å². The highest BCUT2D eigenvalue weighted by Crippen LogP contribution is 2.27. The van der Waals surface area contributed by atoms with Gasteiger partial charge in [-0.1, -0.05) is 6.07 Å². The number of aromatic hydroxyl groups is 4. The molecule has 0 heterocycles. The number of carbonyl (C=O) groups is 2. The molecule has 120 valence electrons. The Labute approximate surface area is 136 Å². The highest BCUT2D eigenvalue weighted by Gasteiger charge is 2.22. The number of carbonyl (C=O) groups excluding carboxylic acids is 2. The summed E-state index contributed by atoms with van der Waals surface area (Å²) >= 11 is 0. The Hall–Kier alpha value is -3.79. The van der Waals surface area contributed by atoms with Crippen LogP contribution >= 0.6 is 0 Å². The number of benzene rings is 2. The van der Waals surface area contributed by atoms with E-state index in [1.165, 1.54) is 12.1 Å². The number of phenols is 4. The first-order valence-electron chi connectivity index (χ1n) is 6.58. The second-order valence-corrected chi connectivity index (χ2v) is 4.78. The molecule has 0 aliphatic rings. The summed E-state index contributed by atoms with van der Waals surface area (Å²) in [5.74, 6) is -3.98. The van der Waals surface area contributed by atoms with Gasteiger partial charge in [0.25, 0.3) is 0 Å². The van der Waals surface area contributed by atoms with E-state index in [4.69, 9.17) is 5.26 Å². The van der Waals surface area contributed by atoms with Crippen molar-refractivity contribution < 1.29 is 30.0 Å². The van der Waals surface area contributed by atoms with Gasteiger partial charge in [-0.2, -0.15) is 5.26 Å². The van der Waals surface area contributed by atoms with Crippen LogP contribution in [0.1, 0.15) is 15.9 Å². The van der Waals surface area contributed by atoms with Crippen molar-refractivity contribution in [3.63, 3.8) is 0 Å². The molecule has 0 saturated carbocycles. The van der Waals surface area contributed by atoms with Gasteiger partial charge in [0.05, 0.1) is 0 Å². The third kappa shape index (κ3) is 3.34. The first-order chi connectivity index (χ1) is 11.3. The van der Waals surface area contributed by atoms with Gasteiger partial charge in [0.2, 0.25) is 11.6 Å². The lowest BCUT2D eigenvalue weighted by Crippen LogP contribution is -2.15. The monoisotopic (exact) mass is 325 g/mol. The van der Waals surface area contributed by atoms with Crippen LogP contribution in [0.15, 0.2) is 42.0 Å². The Morgan fingerprint density at radius 2 is 1.46 bits per heavy atom. The molecule has 2 rings (SSSR count). The fourth-order valence-electron chi connectivity index (χ4n) is 1.86. The largest absolute Gasteiger partial charge is 0.504 e. The maximum atomic E-state index is 12.1. The van der Waals surface area contributed by atoms with Crippen molar-refractivity contribution in [2.24, 2.45) is 0 Å². The molecule has 0 aliphatic carbocycles. The fourth-order valence-corrected chi connectivity index (χ4v) is 1.86. The molecule has 24 heavy (non-hydrogen) atoms. The number of ketones is 2. The van der Waals surface area contributed by atoms with Crippen molar-refractivity contribution in [2.75, 3.05) is 0 Å². The number of Topliss-reactive ketones (excluding diaryl/α,β-unsaturated/α-hetero) is 2. The van der Waals surface area contributed by atoms with E-state index in [0.717, 1.165) is 30.3 Å². The lowest BCUT2D eigenvalue weighted by Gasteiger charge is -2.03. The normalized spacial score (nSPS) is 10.9. The van der Waals surface area contributed by atoms with E-state index in [0.29, 0.717) is 0 Å². The van der Waals surface area contributed by atoms with Gasteiger partial charge in [0.1, 0.15) is 11.6 Å². The Morgan fingerprint density at radius 3 is 2.00 bits per heavy atom. The minimum atomic E-state index is -1.12. The summed E-state index contributed by atoms with van der Waals surface area (Å²) < 4.78 is 0. The number of allylic oxidation sites excluding steroid dienone is 1. The van der Waals surface area contributed by atoms with Gasteiger partial charge in [-0.05, 0) is 42.0 Å². The van der Waals surface area contributed by atoms with E-state index in [-0.39, 0.29) is 16.9 Å². The maximum absolute atomic E-state index is 12.1.